The molecule has 0 aliphatic carbocycles. The zero-order valence-electron chi connectivity index (χ0n) is 14.1. The molecule has 0 spiro atoms. The van der Waals surface area contributed by atoms with Gasteiger partial charge >= 0.3 is 5.97 Å². The van der Waals surface area contributed by atoms with Crippen LogP contribution >= 0.6 is 0 Å². The lowest BCUT2D eigenvalue weighted by Gasteiger charge is -2.28. The Balaban J connectivity index is 1.41. The van der Waals surface area contributed by atoms with E-state index in [0.717, 1.165) is 32.5 Å². The molecule has 0 saturated heterocycles. The summed E-state index contributed by atoms with van der Waals surface area (Å²) < 4.78 is 0. The molecule has 2 aromatic carbocycles. The molecule has 130 valence electrons. The molecule has 5 heteroatoms. The van der Waals surface area contributed by atoms with E-state index >= 15 is 0 Å². The van der Waals surface area contributed by atoms with Crippen molar-refractivity contribution in [3.63, 3.8) is 0 Å². The molecule has 2 aromatic rings. The molecule has 1 aliphatic heterocycles. The zero-order chi connectivity index (χ0) is 17.6. The number of carboxylic acid groups (broad SMARTS) is 1. The highest BCUT2D eigenvalue weighted by atomic mass is 16.4. The first-order valence-corrected chi connectivity index (χ1v) is 8.54. The van der Waals surface area contributed by atoms with E-state index in [2.05, 4.69) is 34.5 Å². The van der Waals surface area contributed by atoms with Crippen LogP contribution in [0.3, 0.4) is 0 Å². The van der Waals surface area contributed by atoms with Crippen LogP contribution in [-0.2, 0) is 13.0 Å². The van der Waals surface area contributed by atoms with Crippen molar-refractivity contribution in [3.8, 4) is 0 Å². The van der Waals surface area contributed by atoms with Gasteiger partial charge in [0.1, 0.15) is 0 Å². The summed E-state index contributed by atoms with van der Waals surface area (Å²) in [6.45, 7) is 3.59. The van der Waals surface area contributed by atoms with E-state index in [1.807, 2.05) is 0 Å². The Kier molecular flexibility index (Phi) is 5.46. The second kappa shape index (κ2) is 7.94. The van der Waals surface area contributed by atoms with Gasteiger partial charge in [0.2, 0.25) is 0 Å². The van der Waals surface area contributed by atoms with Crippen LogP contribution < -0.4 is 5.32 Å². The highest BCUT2D eigenvalue weighted by molar-refractivity contribution is 5.95. The SMILES string of the molecule is O=C(O)c1ccc(C(=O)NCCCN2CCc3ccccc3C2)cc1. The number of rotatable bonds is 6. The highest BCUT2D eigenvalue weighted by Gasteiger charge is 2.15. The van der Waals surface area contributed by atoms with Crippen LogP contribution in [0.1, 0.15) is 38.3 Å². The van der Waals surface area contributed by atoms with E-state index in [1.165, 1.54) is 23.3 Å². The van der Waals surface area contributed by atoms with Gasteiger partial charge in [0.15, 0.2) is 0 Å². The molecule has 0 atom stereocenters. The molecule has 2 N–H and O–H groups in total. The van der Waals surface area contributed by atoms with Crippen LogP contribution in [0.25, 0.3) is 0 Å². The molecule has 1 amide bonds. The van der Waals surface area contributed by atoms with Crippen LogP contribution in [0.15, 0.2) is 48.5 Å². The average Bonchev–Trinajstić information content (AvgIpc) is 2.65. The minimum absolute atomic E-state index is 0.166. The number of fused-ring (bicyclic) bond motifs is 1. The van der Waals surface area contributed by atoms with E-state index in [-0.39, 0.29) is 11.5 Å². The molecule has 1 aliphatic rings. The number of amides is 1. The van der Waals surface area contributed by atoms with Crippen molar-refractivity contribution in [1.29, 1.82) is 0 Å². The van der Waals surface area contributed by atoms with E-state index in [9.17, 15) is 9.59 Å². The fourth-order valence-corrected chi connectivity index (χ4v) is 3.12. The second-order valence-electron chi connectivity index (χ2n) is 6.29. The summed E-state index contributed by atoms with van der Waals surface area (Å²) in [5.74, 6) is -1.16. The molecule has 5 nitrogen and oxygen atoms in total. The zero-order valence-corrected chi connectivity index (χ0v) is 14.1. The van der Waals surface area contributed by atoms with Gasteiger partial charge in [-0.05, 0) is 48.2 Å². The van der Waals surface area contributed by atoms with Gasteiger partial charge in [-0.15, -0.1) is 0 Å². The van der Waals surface area contributed by atoms with Gasteiger partial charge in [-0.2, -0.15) is 0 Å². The Labute approximate surface area is 147 Å². The smallest absolute Gasteiger partial charge is 0.335 e. The molecule has 25 heavy (non-hydrogen) atoms. The molecule has 0 bridgehead atoms. The quantitative estimate of drug-likeness (QED) is 0.794. The molecular formula is C20H22N2O3. The third-order valence-corrected chi connectivity index (χ3v) is 4.54. The van der Waals surface area contributed by atoms with Crippen LogP contribution in [0.2, 0.25) is 0 Å². The largest absolute Gasteiger partial charge is 0.478 e. The molecule has 0 aromatic heterocycles. The van der Waals surface area contributed by atoms with Crippen molar-refractivity contribution >= 4 is 11.9 Å². The van der Waals surface area contributed by atoms with Gasteiger partial charge in [0.25, 0.3) is 5.91 Å². The lowest BCUT2D eigenvalue weighted by molar-refractivity contribution is 0.0696. The standard InChI is InChI=1S/C20H22N2O3/c23-19(16-6-8-17(9-7-16)20(24)25)21-11-3-12-22-13-10-15-4-1-2-5-18(15)14-22/h1-2,4-9H,3,10-14H2,(H,21,23)(H,24,25). The first kappa shape index (κ1) is 17.2. The van der Waals surface area contributed by atoms with Crippen LogP contribution in [0.4, 0.5) is 0 Å². The minimum Gasteiger partial charge on any atom is -0.478 e. The maximum Gasteiger partial charge on any atom is 0.335 e. The topological polar surface area (TPSA) is 69.6 Å². The Morgan fingerprint density at radius 1 is 1.00 bits per heavy atom. The number of benzene rings is 2. The van der Waals surface area contributed by atoms with E-state index in [4.69, 9.17) is 5.11 Å². The van der Waals surface area contributed by atoms with Crippen molar-refractivity contribution in [2.45, 2.75) is 19.4 Å². The number of nitrogens with zero attached hydrogens (tertiary/aromatic N) is 1. The van der Waals surface area contributed by atoms with Crippen molar-refractivity contribution < 1.29 is 14.7 Å². The maximum atomic E-state index is 12.1. The first-order valence-electron chi connectivity index (χ1n) is 8.54. The fourth-order valence-electron chi connectivity index (χ4n) is 3.12. The van der Waals surface area contributed by atoms with Gasteiger partial charge in [0.05, 0.1) is 5.56 Å². The predicted octanol–water partition coefficient (Wildman–Crippen LogP) is 2.56. The van der Waals surface area contributed by atoms with Crippen LogP contribution in [0.5, 0.6) is 0 Å². The Morgan fingerprint density at radius 3 is 2.40 bits per heavy atom. The lowest BCUT2D eigenvalue weighted by Crippen LogP contribution is -2.33. The van der Waals surface area contributed by atoms with Crippen molar-refractivity contribution in [3.05, 3.63) is 70.8 Å². The molecular weight excluding hydrogens is 316 g/mol. The second-order valence-corrected chi connectivity index (χ2v) is 6.29. The first-order chi connectivity index (χ1) is 12.1. The number of carboxylic acids is 1. The van der Waals surface area contributed by atoms with E-state index < -0.39 is 5.97 Å². The summed E-state index contributed by atoms with van der Waals surface area (Å²) in [4.78, 5) is 25.3. The van der Waals surface area contributed by atoms with Crippen LogP contribution in [0, 0.1) is 0 Å². The third-order valence-electron chi connectivity index (χ3n) is 4.54. The molecule has 0 unspecified atom stereocenters. The lowest BCUT2D eigenvalue weighted by atomic mass is 10.00. The summed E-state index contributed by atoms with van der Waals surface area (Å²) in [6, 6.07) is 14.5. The highest BCUT2D eigenvalue weighted by Crippen LogP contribution is 2.18. The number of carbonyl (C=O) groups excluding carboxylic acids is 1. The summed E-state index contributed by atoms with van der Waals surface area (Å²) >= 11 is 0. The third kappa shape index (κ3) is 4.45. The number of nitrogens with one attached hydrogen (secondary N) is 1. The molecule has 0 saturated carbocycles. The number of carbonyl (C=O) groups is 2. The molecule has 0 radical (unpaired) electrons. The molecule has 0 fully saturated rings. The van der Waals surface area contributed by atoms with Crippen LogP contribution in [-0.4, -0.2) is 41.5 Å². The maximum absolute atomic E-state index is 12.1. The van der Waals surface area contributed by atoms with E-state index in [1.54, 1.807) is 12.1 Å². The summed E-state index contributed by atoms with van der Waals surface area (Å²) in [5, 5.41) is 11.8. The van der Waals surface area contributed by atoms with Gasteiger partial charge in [-0.1, -0.05) is 24.3 Å². The monoisotopic (exact) mass is 338 g/mol. The summed E-state index contributed by atoms with van der Waals surface area (Å²) in [5.41, 5.74) is 3.51. The van der Waals surface area contributed by atoms with E-state index in [0.29, 0.717) is 12.1 Å². The molecule has 1 heterocycles. The molecule has 3 rings (SSSR count). The normalized spacial score (nSPS) is 13.9. The fraction of sp³-hybridized carbons (Fsp3) is 0.300. The Morgan fingerprint density at radius 2 is 1.68 bits per heavy atom. The van der Waals surface area contributed by atoms with Gasteiger partial charge in [-0.3, -0.25) is 9.69 Å². The average molecular weight is 338 g/mol. The number of hydrogen-bond acceptors (Lipinski definition) is 3. The van der Waals surface area contributed by atoms with Gasteiger partial charge in [-0.25, -0.2) is 4.79 Å². The number of aromatic carboxylic acids is 1. The predicted molar refractivity (Wildman–Crippen MR) is 95.8 cm³/mol. The van der Waals surface area contributed by atoms with Crippen molar-refractivity contribution in [2.24, 2.45) is 0 Å². The van der Waals surface area contributed by atoms with Gasteiger partial charge < -0.3 is 10.4 Å². The Bertz CT molecular complexity index is 756. The Hall–Kier alpha value is -2.66. The van der Waals surface area contributed by atoms with Gasteiger partial charge in [0, 0.05) is 31.7 Å². The van der Waals surface area contributed by atoms with Crippen molar-refractivity contribution in [1.82, 2.24) is 10.2 Å². The number of hydrogen-bond donors (Lipinski definition) is 2. The van der Waals surface area contributed by atoms with Crippen molar-refractivity contribution in [2.75, 3.05) is 19.6 Å². The summed E-state index contributed by atoms with van der Waals surface area (Å²) in [7, 11) is 0. The summed E-state index contributed by atoms with van der Waals surface area (Å²) in [6.07, 6.45) is 1.97. The minimum atomic E-state index is -0.991.